The van der Waals surface area contributed by atoms with E-state index in [-0.39, 0.29) is 5.91 Å². The predicted molar refractivity (Wildman–Crippen MR) is 74.3 cm³/mol. The Morgan fingerprint density at radius 3 is 2.65 bits per heavy atom. The highest BCUT2D eigenvalue weighted by Gasteiger charge is 2.12. The van der Waals surface area contributed by atoms with Crippen LogP contribution in [0, 0.1) is 3.57 Å². The van der Waals surface area contributed by atoms with Gasteiger partial charge in [0.2, 0.25) is 0 Å². The van der Waals surface area contributed by atoms with Crippen molar-refractivity contribution in [3.63, 3.8) is 0 Å². The van der Waals surface area contributed by atoms with Crippen molar-refractivity contribution < 1.29 is 14.3 Å². The number of methoxy groups -OCH3 is 2. The van der Waals surface area contributed by atoms with Gasteiger partial charge >= 0.3 is 0 Å². The van der Waals surface area contributed by atoms with Crippen LogP contribution in [0.1, 0.15) is 10.4 Å². The third kappa shape index (κ3) is 4.42. The number of benzene rings is 1. The van der Waals surface area contributed by atoms with Gasteiger partial charge in [0, 0.05) is 22.8 Å². The maximum absolute atomic E-state index is 11.8. The van der Waals surface area contributed by atoms with Crippen molar-refractivity contribution in [3.8, 4) is 0 Å². The molecule has 0 saturated carbocycles. The molecule has 17 heavy (non-hydrogen) atoms. The van der Waals surface area contributed by atoms with Crippen molar-refractivity contribution in [3.05, 3.63) is 32.4 Å². The number of ether oxygens (including phenoxy) is 2. The monoisotopic (exact) mass is 369 g/mol. The van der Waals surface area contributed by atoms with Crippen molar-refractivity contribution in [1.82, 2.24) is 5.32 Å². The first-order valence-corrected chi connectivity index (χ1v) is 6.33. The second-order valence-electron chi connectivity index (χ2n) is 3.24. The molecule has 0 aromatic heterocycles. The summed E-state index contributed by atoms with van der Waals surface area (Å²) >= 11 is 7.89. The molecule has 1 N–H and O–H groups in total. The molecule has 0 aliphatic carbocycles. The van der Waals surface area contributed by atoms with E-state index in [1.807, 2.05) is 0 Å². The third-order valence-electron chi connectivity index (χ3n) is 2.13. The highest BCUT2D eigenvalue weighted by molar-refractivity contribution is 14.1. The van der Waals surface area contributed by atoms with Gasteiger partial charge in [-0.25, -0.2) is 0 Å². The summed E-state index contributed by atoms with van der Waals surface area (Å²) in [7, 11) is 3.04. The molecule has 0 unspecified atom stereocenters. The zero-order chi connectivity index (χ0) is 12.8. The Labute approximate surface area is 119 Å². The summed E-state index contributed by atoms with van der Waals surface area (Å²) in [5.41, 5.74) is 0.584. The first-order valence-electron chi connectivity index (χ1n) is 4.87. The van der Waals surface area contributed by atoms with E-state index in [0.29, 0.717) is 17.1 Å². The number of rotatable bonds is 5. The summed E-state index contributed by atoms with van der Waals surface area (Å²) in [6.45, 7) is 0.296. The van der Waals surface area contributed by atoms with Crippen molar-refractivity contribution in [2.75, 3.05) is 20.8 Å². The fraction of sp³-hybridized carbons (Fsp3) is 0.364. The van der Waals surface area contributed by atoms with E-state index in [9.17, 15) is 4.79 Å². The first-order chi connectivity index (χ1) is 8.08. The van der Waals surface area contributed by atoms with Crippen LogP contribution in [0.2, 0.25) is 5.02 Å². The van der Waals surface area contributed by atoms with Crippen LogP contribution in [0.15, 0.2) is 18.2 Å². The Balaban J connectivity index is 2.64. The topological polar surface area (TPSA) is 47.6 Å². The van der Waals surface area contributed by atoms with Gasteiger partial charge in [0.15, 0.2) is 6.29 Å². The van der Waals surface area contributed by atoms with E-state index in [1.54, 1.807) is 18.2 Å². The van der Waals surface area contributed by atoms with Gasteiger partial charge in [-0.15, -0.1) is 0 Å². The first kappa shape index (κ1) is 14.7. The fourth-order valence-corrected chi connectivity index (χ4v) is 2.32. The zero-order valence-corrected chi connectivity index (χ0v) is 12.4. The lowest BCUT2D eigenvalue weighted by Crippen LogP contribution is -2.34. The molecular weight excluding hydrogens is 356 g/mol. The lowest BCUT2D eigenvalue weighted by Gasteiger charge is -2.14. The second-order valence-corrected chi connectivity index (χ2v) is 4.83. The van der Waals surface area contributed by atoms with Gasteiger partial charge in [-0.3, -0.25) is 4.79 Å². The fourth-order valence-electron chi connectivity index (χ4n) is 1.21. The van der Waals surface area contributed by atoms with Crippen LogP contribution in [0.4, 0.5) is 0 Å². The lowest BCUT2D eigenvalue weighted by molar-refractivity contribution is -0.0974. The maximum Gasteiger partial charge on any atom is 0.252 e. The van der Waals surface area contributed by atoms with Gasteiger partial charge < -0.3 is 14.8 Å². The van der Waals surface area contributed by atoms with Crippen molar-refractivity contribution in [2.24, 2.45) is 0 Å². The van der Waals surface area contributed by atoms with Gasteiger partial charge in [0.1, 0.15) is 0 Å². The minimum absolute atomic E-state index is 0.176. The van der Waals surface area contributed by atoms with Crippen molar-refractivity contribution >= 4 is 40.1 Å². The molecule has 6 heteroatoms. The Morgan fingerprint density at radius 1 is 1.47 bits per heavy atom. The molecule has 0 aliphatic rings. The molecule has 1 aromatic carbocycles. The van der Waals surface area contributed by atoms with Crippen molar-refractivity contribution in [2.45, 2.75) is 6.29 Å². The smallest absolute Gasteiger partial charge is 0.252 e. The number of carbonyl (C=O) groups is 1. The molecule has 0 fully saturated rings. The third-order valence-corrected chi connectivity index (χ3v) is 3.26. The van der Waals surface area contributed by atoms with Gasteiger partial charge in [-0.1, -0.05) is 11.6 Å². The SMILES string of the molecule is COC(CNC(=O)c1ccc(Cl)cc1I)OC. The number of hydrogen-bond acceptors (Lipinski definition) is 3. The summed E-state index contributed by atoms with van der Waals surface area (Å²) in [6, 6.07) is 5.11. The molecule has 94 valence electrons. The number of hydrogen-bond donors (Lipinski definition) is 1. The van der Waals surface area contributed by atoms with Gasteiger partial charge in [-0.05, 0) is 40.8 Å². The predicted octanol–water partition coefficient (Wildman–Crippen LogP) is 2.29. The number of amides is 1. The van der Waals surface area contributed by atoms with E-state index in [0.717, 1.165) is 3.57 Å². The summed E-state index contributed by atoms with van der Waals surface area (Å²) in [4.78, 5) is 11.8. The highest BCUT2D eigenvalue weighted by Crippen LogP contribution is 2.17. The van der Waals surface area contributed by atoms with E-state index < -0.39 is 6.29 Å². The molecule has 0 aliphatic heterocycles. The molecule has 0 atom stereocenters. The van der Waals surface area contributed by atoms with Gasteiger partial charge in [0.05, 0.1) is 12.1 Å². The molecule has 1 rings (SSSR count). The quantitative estimate of drug-likeness (QED) is 0.640. The highest BCUT2D eigenvalue weighted by atomic mass is 127. The summed E-state index contributed by atoms with van der Waals surface area (Å²) in [5.74, 6) is -0.176. The van der Waals surface area contributed by atoms with Crippen LogP contribution in [0.25, 0.3) is 0 Å². The van der Waals surface area contributed by atoms with Crippen LogP contribution in [0.5, 0.6) is 0 Å². The molecule has 0 bridgehead atoms. The van der Waals surface area contributed by atoms with E-state index in [1.165, 1.54) is 14.2 Å². The Hall–Kier alpha value is -0.370. The number of nitrogens with one attached hydrogen (secondary N) is 1. The minimum Gasteiger partial charge on any atom is -0.354 e. The maximum atomic E-state index is 11.8. The van der Waals surface area contributed by atoms with E-state index >= 15 is 0 Å². The van der Waals surface area contributed by atoms with Crippen LogP contribution in [0.3, 0.4) is 0 Å². The molecule has 0 spiro atoms. The van der Waals surface area contributed by atoms with Crippen LogP contribution >= 0.6 is 34.2 Å². The van der Waals surface area contributed by atoms with Gasteiger partial charge in [-0.2, -0.15) is 0 Å². The molecule has 1 amide bonds. The number of halogens is 2. The number of carbonyl (C=O) groups excluding carboxylic acids is 1. The standard InChI is InChI=1S/C11H13ClINO3/c1-16-10(17-2)6-14-11(15)8-4-3-7(12)5-9(8)13/h3-5,10H,6H2,1-2H3,(H,14,15). The summed E-state index contributed by atoms with van der Waals surface area (Å²) in [5, 5.41) is 3.33. The average Bonchev–Trinajstić information content (AvgIpc) is 2.30. The van der Waals surface area contributed by atoms with Crippen LogP contribution in [-0.2, 0) is 9.47 Å². The largest absolute Gasteiger partial charge is 0.354 e. The van der Waals surface area contributed by atoms with Crippen LogP contribution < -0.4 is 5.32 Å². The minimum atomic E-state index is -0.441. The summed E-state index contributed by atoms with van der Waals surface area (Å²) in [6.07, 6.45) is -0.441. The molecule has 0 radical (unpaired) electrons. The molecule has 0 saturated heterocycles. The second kappa shape index (κ2) is 7.15. The summed E-state index contributed by atoms with van der Waals surface area (Å²) < 4.78 is 10.8. The Kier molecular flexibility index (Phi) is 6.18. The molecule has 1 aromatic rings. The lowest BCUT2D eigenvalue weighted by atomic mass is 10.2. The van der Waals surface area contributed by atoms with Crippen molar-refractivity contribution in [1.29, 1.82) is 0 Å². The average molecular weight is 370 g/mol. The normalized spacial score (nSPS) is 10.6. The zero-order valence-electron chi connectivity index (χ0n) is 9.50. The Bertz CT molecular complexity index is 396. The van der Waals surface area contributed by atoms with Gasteiger partial charge in [0.25, 0.3) is 5.91 Å². The molecule has 4 nitrogen and oxygen atoms in total. The van der Waals surface area contributed by atoms with E-state index in [4.69, 9.17) is 21.1 Å². The molecule has 0 heterocycles. The van der Waals surface area contributed by atoms with E-state index in [2.05, 4.69) is 27.9 Å². The Morgan fingerprint density at radius 2 is 2.12 bits per heavy atom. The van der Waals surface area contributed by atoms with Crippen LogP contribution in [-0.4, -0.2) is 33.0 Å². The molecular formula is C11H13ClINO3.